The lowest BCUT2D eigenvalue weighted by Gasteiger charge is -2.12. The molecule has 0 aliphatic rings. The molecule has 0 atom stereocenters. The normalized spacial score (nSPS) is 10.9. The van der Waals surface area contributed by atoms with Gasteiger partial charge in [0.05, 0.1) is 4.90 Å². The molecule has 2 aromatic carbocycles. The van der Waals surface area contributed by atoms with Gasteiger partial charge in [0.15, 0.2) is 16.7 Å². The van der Waals surface area contributed by atoms with Crippen LogP contribution in [0.25, 0.3) is 0 Å². The Morgan fingerprint density at radius 2 is 1.69 bits per heavy atom. The monoisotopic (exact) mass is 397 g/mol. The van der Waals surface area contributed by atoms with Crippen molar-refractivity contribution in [1.82, 2.24) is 5.32 Å². The summed E-state index contributed by atoms with van der Waals surface area (Å²) >= 11 is 5.12. The minimum absolute atomic E-state index is 0.265. The van der Waals surface area contributed by atoms with Crippen LogP contribution in [0, 0.1) is 11.6 Å². The van der Waals surface area contributed by atoms with E-state index >= 15 is 0 Å². The van der Waals surface area contributed by atoms with Gasteiger partial charge in [-0.3, -0.25) is 4.72 Å². The van der Waals surface area contributed by atoms with E-state index < -0.39 is 21.7 Å². The summed E-state index contributed by atoms with van der Waals surface area (Å²) in [5, 5.41) is 6.31. The number of sulfonamides is 1. The second-order valence-corrected chi connectivity index (χ2v) is 7.61. The first-order valence-corrected chi connectivity index (χ1v) is 9.34. The number of hydrogen-bond acceptors (Lipinski definition) is 3. The molecule has 0 saturated heterocycles. The lowest BCUT2D eigenvalue weighted by atomic mass is 10.3. The summed E-state index contributed by atoms with van der Waals surface area (Å²) in [6.07, 6.45) is 0. The minimum atomic E-state index is -4.03. The van der Waals surface area contributed by atoms with Crippen molar-refractivity contribution in [3.63, 3.8) is 0 Å². The van der Waals surface area contributed by atoms with Crippen LogP contribution in [-0.4, -0.2) is 20.1 Å². The molecule has 3 N–H and O–H groups in total. The van der Waals surface area contributed by atoms with Crippen molar-refractivity contribution >= 4 is 38.7 Å². The Labute approximate surface area is 156 Å². The van der Waals surface area contributed by atoms with Crippen LogP contribution in [0.5, 0.6) is 0 Å². The lowest BCUT2D eigenvalue weighted by Crippen LogP contribution is -2.29. The van der Waals surface area contributed by atoms with E-state index in [9.17, 15) is 17.2 Å². The molecule has 9 heteroatoms. The van der Waals surface area contributed by atoms with Gasteiger partial charge in [0, 0.05) is 17.9 Å². The maximum absolute atomic E-state index is 13.2. The Morgan fingerprint density at radius 1 is 1.08 bits per heavy atom. The average Bonchev–Trinajstić information content (AvgIpc) is 2.57. The highest BCUT2D eigenvalue weighted by molar-refractivity contribution is 7.92. The molecule has 0 radical (unpaired) electrons. The first-order valence-electron chi connectivity index (χ1n) is 7.44. The molecular formula is C17H17F2N3O2S2. The Bertz CT molecular complexity index is 930. The Hall–Kier alpha value is -2.52. The molecule has 0 heterocycles. The van der Waals surface area contributed by atoms with Crippen molar-refractivity contribution in [2.45, 2.75) is 11.8 Å². The van der Waals surface area contributed by atoms with E-state index in [1.807, 2.05) is 6.92 Å². The van der Waals surface area contributed by atoms with Crippen LogP contribution < -0.4 is 15.4 Å². The van der Waals surface area contributed by atoms with E-state index in [1.165, 1.54) is 12.1 Å². The second-order valence-electron chi connectivity index (χ2n) is 5.52. The van der Waals surface area contributed by atoms with Crippen LogP contribution in [0.3, 0.4) is 0 Å². The summed E-state index contributed by atoms with van der Waals surface area (Å²) in [5.74, 6) is -2.35. The van der Waals surface area contributed by atoms with Crippen molar-refractivity contribution < 1.29 is 17.2 Å². The standard InChI is InChI=1S/C17H17F2N3O2S2/c1-11(2)10-20-17(25)21-12-3-5-13(6-4-12)22-26(23,24)14-7-8-15(18)16(19)9-14/h3-9,22H,1,10H2,2H3,(H2,20,21,25). The highest BCUT2D eigenvalue weighted by Crippen LogP contribution is 2.20. The summed E-state index contributed by atoms with van der Waals surface area (Å²) in [6, 6.07) is 8.65. The third-order valence-corrected chi connectivity index (χ3v) is 4.77. The van der Waals surface area contributed by atoms with Crippen molar-refractivity contribution in [3.05, 3.63) is 66.3 Å². The third-order valence-electron chi connectivity index (χ3n) is 3.15. The Kier molecular flexibility index (Phi) is 6.27. The van der Waals surface area contributed by atoms with Crippen LogP contribution in [0.2, 0.25) is 0 Å². The van der Waals surface area contributed by atoms with Gasteiger partial charge in [-0.05, 0) is 61.6 Å². The fourth-order valence-electron chi connectivity index (χ4n) is 1.89. The molecule has 0 bridgehead atoms. The van der Waals surface area contributed by atoms with E-state index in [2.05, 4.69) is 21.9 Å². The van der Waals surface area contributed by atoms with E-state index in [4.69, 9.17) is 12.2 Å². The molecule has 0 saturated carbocycles. The lowest BCUT2D eigenvalue weighted by molar-refractivity contribution is 0.504. The van der Waals surface area contributed by atoms with Crippen LogP contribution in [0.1, 0.15) is 6.92 Å². The zero-order valence-electron chi connectivity index (χ0n) is 13.8. The van der Waals surface area contributed by atoms with E-state index in [1.54, 1.807) is 12.1 Å². The van der Waals surface area contributed by atoms with Crippen molar-refractivity contribution in [2.75, 3.05) is 16.6 Å². The highest BCUT2D eigenvalue weighted by atomic mass is 32.2. The van der Waals surface area contributed by atoms with Crippen LogP contribution in [0.4, 0.5) is 20.2 Å². The van der Waals surface area contributed by atoms with Crippen LogP contribution >= 0.6 is 12.2 Å². The van der Waals surface area contributed by atoms with Gasteiger partial charge in [-0.1, -0.05) is 12.2 Å². The van der Waals surface area contributed by atoms with Crippen molar-refractivity contribution in [1.29, 1.82) is 0 Å². The van der Waals surface area contributed by atoms with E-state index in [-0.39, 0.29) is 10.6 Å². The topological polar surface area (TPSA) is 70.2 Å². The molecule has 0 unspecified atom stereocenters. The molecule has 0 aliphatic carbocycles. The fourth-order valence-corrected chi connectivity index (χ4v) is 3.15. The summed E-state index contributed by atoms with van der Waals surface area (Å²) in [6.45, 7) is 6.16. The molecule has 0 aromatic heterocycles. The molecule has 5 nitrogen and oxygen atoms in total. The average molecular weight is 397 g/mol. The van der Waals surface area contributed by atoms with Gasteiger partial charge < -0.3 is 10.6 Å². The Balaban J connectivity index is 2.05. The van der Waals surface area contributed by atoms with E-state index in [0.717, 1.165) is 17.7 Å². The minimum Gasteiger partial charge on any atom is -0.359 e. The largest absolute Gasteiger partial charge is 0.359 e. The number of rotatable bonds is 6. The molecular weight excluding hydrogens is 380 g/mol. The number of hydrogen-bond donors (Lipinski definition) is 3. The summed E-state index contributed by atoms with van der Waals surface area (Å²) < 4.78 is 52.9. The van der Waals surface area contributed by atoms with Gasteiger partial charge in [0.25, 0.3) is 10.0 Å². The molecule has 138 valence electrons. The van der Waals surface area contributed by atoms with Gasteiger partial charge in [0.2, 0.25) is 0 Å². The number of anilines is 2. The predicted molar refractivity (Wildman–Crippen MR) is 103 cm³/mol. The molecule has 2 rings (SSSR count). The number of nitrogens with one attached hydrogen (secondary N) is 3. The first kappa shape index (κ1) is 19.8. The molecule has 0 fully saturated rings. The molecule has 0 amide bonds. The van der Waals surface area contributed by atoms with Gasteiger partial charge in [-0.25, -0.2) is 17.2 Å². The van der Waals surface area contributed by atoms with Crippen LogP contribution in [0.15, 0.2) is 59.5 Å². The van der Waals surface area contributed by atoms with Crippen LogP contribution in [-0.2, 0) is 10.0 Å². The van der Waals surface area contributed by atoms with E-state index in [0.29, 0.717) is 23.4 Å². The van der Waals surface area contributed by atoms with Gasteiger partial charge in [0.1, 0.15) is 0 Å². The zero-order chi connectivity index (χ0) is 19.3. The smallest absolute Gasteiger partial charge is 0.261 e. The summed E-state index contributed by atoms with van der Waals surface area (Å²) in [5.41, 5.74) is 1.84. The van der Waals surface area contributed by atoms with Gasteiger partial charge in [-0.15, -0.1) is 0 Å². The van der Waals surface area contributed by atoms with Gasteiger partial charge >= 0.3 is 0 Å². The summed E-state index contributed by atoms with van der Waals surface area (Å²) in [7, 11) is -4.03. The SMILES string of the molecule is C=C(C)CNC(=S)Nc1ccc(NS(=O)(=O)c2ccc(F)c(F)c2)cc1. The van der Waals surface area contributed by atoms with Gasteiger partial charge in [-0.2, -0.15) is 0 Å². The molecule has 0 aliphatic heterocycles. The second kappa shape index (κ2) is 8.24. The quantitative estimate of drug-likeness (QED) is 0.513. The fraction of sp³-hybridized carbons (Fsp3) is 0.118. The predicted octanol–water partition coefficient (Wildman–Crippen LogP) is 3.63. The number of thiocarbonyl (C=S) groups is 1. The molecule has 0 spiro atoms. The van der Waals surface area contributed by atoms with Crippen molar-refractivity contribution in [3.8, 4) is 0 Å². The molecule has 26 heavy (non-hydrogen) atoms. The van der Waals surface area contributed by atoms with Crippen molar-refractivity contribution in [2.24, 2.45) is 0 Å². The summed E-state index contributed by atoms with van der Waals surface area (Å²) in [4.78, 5) is -0.372. The maximum Gasteiger partial charge on any atom is 0.261 e. The molecule has 2 aromatic rings. The number of halogens is 2. The first-order chi connectivity index (χ1) is 12.2. The highest BCUT2D eigenvalue weighted by Gasteiger charge is 2.16. The maximum atomic E-state index is 13.2. The Morgan fingerprint density at radius 3 is 2.27 bits per heavy atom. The third kappa shape index (κ3) is 5.50. The number of benzene rings is 2. The zero-order valence-corrected chi connectivity index (χ0v) is 15.5.